The number of aliphatic hydroxyl groups is 1. The summed E-state index contributed by atoms with van der Waals surface area (Å²) in [5, 5.41) is 9.30. The number of rotatable bonds is 1. The number of carbonyl (C=O) groups is 1. The van der Waals surface area contributed by atoms with E-state index in [0.717, 1.165) is 12.8 Å². The molecule has 0 unspecified atom stereocenters. The number of ether oxygens (including phenoxy) is 1. The average Bonchev–Trinajstić information content (AvgIpc) is 2.32. The maximum absolute atomic E-state index is 11.0. The zero-order valence-electron chi connectivity index (χ0n) is 6.91. The predicted octanol–water partition coefficient (Wildman–Crippen LogP) is 0.566. The van der Waals surface area contributed by atoms with E-state index in [1.54, 1.807) is 0 Å². The van der Waals surface area contributed by atoms with E-state index in [0.29, 0.717) is 0 Å². The Morgan fingerprint density at radius 3 is 2.55 bits per heavy atom. The third-order valence-electron chi connectivity index (χ3n) is 2.52. The number of hydrogen-bond acceptors (Lipinski definition) is 3. The molecule has 0 aromatic rings. The maximum atomic E-state index is 11.0. The van der Waals surface area contributed by atoms with Crippen LogP contribution in [0.25, 0.3) is 0 Å². The van der Waals surface area contributed by atoms with Crippen molar-refractivity contribution in [3.05, 3.63) is 0 Å². The summed E-state index contributed by atoms with van der Waals surface area (Å²) in [6, 6.07) is 0. The fraction of sp³-hybridized carbons (Fsp3) is 0.875. The van der Waals surface area contributed by atoms with Gasteiger partial charge in [0.15, 0.2) is 0 Å². The van der Waals surface area contributed by atoms with Crippen LogP contribution in [0.2, 0.25) is 0 Å². The minimum atomic E-state index is -0.320. The first kappa shape index (κ1) is 8.53. The van der Waals surface area contributed by atoms with Gasteiger partial charge in [0.2, 0.25) is 0 Å². The highest BCUT2D eigenvalue weighted by molar-refractivity contribution is 5.73. The molecule has 1 rings (SSSR count). The molecule has 1 aliphatic carbocycles. The molecule has 3 atom stereocenters. The van der Waals surface area contributed by atoms with Crippen molar-refractivity contribution in [2.24, 2.45) is 11.8 Å². The Labute approximate surface area is 66.4 Å². The molecule has 1 aliphatic rings. The average molecular weight is 158 g/mol. The fourth-order valence-electron chi connectivity index (χ4n) is 1.63. The lowest BCUT2D eigenvalue weighted by Crippen LogP contribution is -2.23. The van der Waals surface area contributed by atoms with Gasteiger partial charge in [-0.15, -0.1) is 0 Å². The Hall–Kier alpha value is -0.570. The molecular weight excluding hydrogens is 144 g/mol. The Kier molecular flexibility index (Phi) is 2.49. The van der Waals surface area contributed by atoms with E-state index in [1.165, 1.54) is 7.11 Å². The van der Waals surface area contributed by atoms with Crippen molar-refractivity contribution < 1.29 is 14.6 Å². The molecule has 3 heteroatoms. The summed E-state index contributed by atoms with van der Waals surface area (Å²) in [7, 11) is 1.39. The van der Waals surface area contributed by atoms with Crippen molar-refractivity contribution in [1.29, 1.82) is 0 Å². The quantitative estimate of drug-likeness (QED) is 0.567. The van der Waals surface area contributed by atoms with Crippen LogP contribution in [0, 0.1) is 11.8 Å². The Morgan fingerprint density at radius 1 is 1.55 bits per heavy atom. The summed E-state index contributed by atoms with van der Waals surface area (Å²) in [6.07, 6.45) is 1.16. The van der Waals surface area contributed by atoms with Crippen LogP contribution in [-0.4, -0.2) is 24.3 Å². The molecular formula is C8H14O3. The number of hydrogen-bond donors (Lipinski definition) is 1. The van der Waals surface area contributed by atoms with Crippen LogP contribution in [0.5, 0.6) is 0 Å². The standard InChI is InChI=1S/C8H14O3/c1-5-6(8(10)11-2)3-4-7(5)9/h5-7,9H,3-4H2,1-2H3/t5-,6+,7+/m0/s1. The Morgan fingerprint density at radius 2 is 2.18 bits per heavy atom. The van der Waals surface area contributed by atoms with Gasteiger partial charge in [-0.2, -0.15) is 0 Å². The minimum absolute atomic E-state index is 0.0578. The smallest absolute Gasteiger partial charge is 0.309 e. The SMILES string of the molecule is COC(=O)[C@@H]1CC[C@@H](O)[C@H]1C. The molecule has 0 aliphatic heterocycles. The lowest BCUT2D eigenvalue weighted by atomic mass is 9.97. The zero-order valence-corrected chi connectivity index (χ0v) is 6.91. The van der Waals surface area contributed by atoms with Crippen LogP contribution in [0.4, 0.5) is 0 Å². The number of carbonyl (C=O) groups excluding carboxylic acids is 1. The van der Waals surface area contributed by atoms with Crippen LogP contribution < -0.4 is 0 Å². The van der Waals surface area contributed by atoms with E-state index in [4.69, 9.17) is 0 Å². The second-order valence-corrected chi connectivity index (χ2v) is 3.13. The molecule has 0 spiro atoms. The topological polar surface area (TPSA) is 46.5 Å². The Bertz CT molecular complexity index is 155. The van der Waals surface area contributed by atoms with E-state index in [-0.39, 0.29) is 23.9 Å². The molecule has 11 heavy (non-hydrogen) atoms. The first-order chi connectivity index (χ1) is 5.16. The highest BCUT2D eigenvalue weighted by Gasteiger charge is 2.36. The van der Waals surface area contributed by atoms with Gasteiger partial charge in [0.25, 0.3) is 0 Å². The van der Waals surface area contributed by atoms with Crippen molar-refractivity contribution in [2.45, 2.75) is 25.9 Å². The van der Waals surface area contributed by atoms with E-state index >= 15 is 0 Å². The van der Waals surface area contributed by atoms with Gasteiger partial charge in [0.1, 0.15) is 0 Å². The van der Waals surface area contributed by atoms with Gasteiger partial charge in [-0.05, 0) is 18.8 Å². The Balaban J connectivity index is 2.54. The molecule has 64 valence electrons. The highest BCUT2D eigenvalue weighted by atomic mass is 16.5. The maximum Gasteiger partial charge on any atom is 0.309 e. The molecule has 0 heterocycles. The molecule has 0 amide bonds. The molecule has 0 saturated heterocycles. The number of aliphatic hydroxyl groups excluding tert-OH is 1. The van der Waals surface area contributed by atoms with E-state index in [9.17, 15) is 9.90 Å². The van der Waals surface area contributed by atoms with Gasteiger partial charge < -0.3 is 9.84 Å². The molecule has 0 aromatic carbocycles. The van der Waals surface area contributed by atoms with Gasteiger partial charge in [-0.3, -0.25) is 4.79 Å². The second-order valence-electron chi connectivity index (χ2n) is 3.13. The zero-order chi connectivity index (χ0) is 8.43. The monoisotopic (exact) mass is 158 g/mol. The van der Waals surface area contributed by atoms with Crippen molar-refractivity contribution in [1.82, 2.24) is 0 Å². The first-order valence-corrected chi connectivity index (χ1v) is 3.92. The first-order valence-electron chi connectivity index (χ1n) is 3.92. The predicted molar refractivity (Wildman–Crippen MR) is 39.9 cm³/mol. The van der Waals surface area contributed by atoms with Crippen LogP contribution >= 0.6 is 0 Å². The third kappa shape index (κ3) is 1.53. The molecule has 3 nitrogen and oxygen atoms in total. The minimum Gasteiger partial charge on any atom is -0.469 e. The highest BCUT2D eigenvalue weighted by Crippen LogP contribution is 2.32. The molecule has 0 aromatic heterocycles. The van der Waals surface area contributed by atoms with Gasteiger partial charge in [-0.25, -0.2) is 0 Å². The normalized spacial score (nSPS) is 37.2. The fourth-order valence-corrected chi connectivity index (χ4v) is 1.63. The summed E-state index contributed by atoms with van der Waals surface area (Å²) in [5.74, 6) is -0.216. The van der Waals surface area contributed by atoms with Gasteiger partial charge in [0.05, 0.1) is 19.1 Å². The third-order valence-corrected chi connectivity index (χ3v) is 2.52. The van der Waals surface area contributed by atoms with Crippen LogP contribution in [-0.2, 0) is 9.53 Å². The lowest BCUT2D eigenvalue weighted by Gasteiger charge is -2.14. The van der Waals surface area contributed by atoms with Gasteiger partial charge in [-0.1, -0.05) is 6.92 Å². The summed E-state index contributed by atoms with van der Waals surface area (Å²) >= 11 is 0. The van der Waals surface area contributed by atoms with Crippen molar-refractivity contribution >= 4 is 5.97 Å². The largest absolute Gasteiger partial charge is 0.469 e. The lowest BCUT2D eigenvalue weighted by molar-refractivity contribution is -0.147. The van der Waals surface area contributed by atoms with Crippen molar-refractivity contribution in [3.8, 4) is 0 Å². The van der Waals surface area contributed by atoms with Gasteiger partial charge in [0, 0.05) is 0 Å². The van der Waals surface area contributed by atoms with Crippen LogP contribution in [0.15, 0.2) is 0 Å². The summed E-state index contributed by atoms with van der Waals surface area (Å²) in [5.41, 5.74) is 0. The van der Waals surface area contributed by atoms with Crippen LogP contribution in [0.3, 0.4) is 0 Å². The summed E-state index contributed by atoms with van der Waals surface area (Å²) in [6.45, 7) is 1.89. The van der Waals surface area contributed by atoms with Crippen LogP contribution in [0.1, 0.15) is 19.8 Å². The molecule has 0 radical (unpaired) electrons. The molecule has 1 saturated carbocycles. The van der Waals surface area contributed by atoms with E-state index < -0.39 is 0 Å². The van der Waals surface area contributed by atoms with Crippen molar-refractivity contribution in [3.63, 3.8) is 0 Å². The second kappa shape index (κ2) is 3.22. The summed E-state index contributed by atoms with van der Waals surface area (Å²) in [4.78, 5) is 11.0. The van der Waals surface area contributed by atoms with E-state index in [1.807, 2.05) is 6.92 Å². The van der Waals surface area contributed by atoms with E-state index in [2.05, 4.69) is 4.74 Å². The molecule has 0 bridgehead atoms. The van der Waals surface area contributed by atoms with Crippen molar-refractivity contribution in [2.75, 3.05) is 7.11 Å². The molecule has 1 fully saturated rings. The summed E-state index contributed by atoms with van der Waals surface area (Å²) < 4.78 is 4.60. The number of methoxy groups -OCH3 is 1. The van der Waals surface area contributed by atoms with Gasteiger partial charge >= 0.3 is 5.97 Å². The molecule has 1 N–H and O–H groups in total. The number of esters is 1.